The summed E-state index contributed by atoms with van der Waals surface area (Å²) in [5, 5.41) is 3.60. The van der Waals surface area contributed by atoms with Gasteiger partial charge in [-0.1, -0.05) is 31.5 Å². The molecule has 1 atom stereocenters. The maximum Gasteiger partial charge on any atom is 0.125 e. The highest BCUT2D eigenvalue weighted by Gasteiger charge is 2.16. The van der Waals surface area contributed by atoms with Crippen molar-refractivity contribution < 1.29 is 4.74 Å². The van der Waals surface area contributed by atoms with E-state index >= 15 is 0 Å². The molecule has 1 aromatic rings. The smallest absolute Gasteiger partial charge is 0.125 e. The number of aryl methyl sites for hydroxylation is 1. The van der Waals surface area contributed by atoms with Crippen LogP contribution in [-0.4, -0.2) is 19.7 Å². The summed E-state index contributed by atoms with van der Waals surface area (Å²) in [7, 11) is 1.78. The second-order valence-electron chi connectivity index (χ2n) is 4.81. The topological polar surface area (TPSA) is 21.3 Å². The van der Waals surface area contributed by atoms with Crippen LogP contribution in [0.3, 0.4) is 0 Å². The summed E-state index contributed by atoms with van der Waals surface area (Å²) in [6, 6.07) is 7.15. The van der Waals surface area contributed by atoms with Crippen molar-refractivity contribution in [1.82, 2.24) is 5.32 Å². The van der Waals surface area contributed by atoms with E-state index in [2.05, 4.69) is 30.4 Å². The Morgan fingerprint density at radius 3 is 2.76 bits per heavy atom. The highest BCUT2D eigenvalue weighted by molar-refractivity contribution is 5.42. The van der Waals surface area contributed by atoms with Crippen molar-refractivity contribution in [2.75, 3.05) is 13.7 Å². The van der Waals surface area contributed by atoms with Crippen molar-refractivity contribution in [3.05, 3.63) is 29.3 Å². The lowest BCUT2D eigenvalue weighted by atomic mass is 9.95. The number of para-hydroxylation sites is 1. The van der Waals surface area contributed by atoms with Gasteiger partial charge in [0.05, 0.1) is 7.11 Å². The minimum atomic E-state index is 0.629. The number of hydrogen-bond acceptors (Lipinski definition) is 2. The van der Waals surface area contributed by atoms with Gasteiger partial charge in [0.25, 0.3) is 0 Å². The van der Waals surface area contributed by atoms with Crippen LogP contribution in [0.15, 0.2) is 18.2 Å². The van der Waals surface area contributed by atoms with E-state index in [1.165, 1.54) is 36.9 Å². The third kappa shape index (κ3) is 3.01. The monoisotopic (exact) mass is 233 g/mol. The predicted molar refractivity (Wildman–Crippen MR) is 71.7 cm³/mol. The molecule has 0 spiro atoms. The van der Waals surface area contributed by atoms with Gasteiger partial charge in [-0.15, -0.1) is 0 Å². The van der Waals surface area contributed by atoms with Crippen LogP contribution >= 0.6 is 0 Å². The van der Waals surface area contributed by atoms with E-state index in [-0.39, 0.29) is 0 Å². The molecule has 0 aromatic heterocycles. The van der Waals surface area contributed by atoms with Crippen LogP contribution in [0, 0.1) is 0 Å². The largest absolute Gasteiger partial charge is 0.496 e. The van der Waals surface area contributed by atoms with Gasteiger partial charge in [0.15, 0.2) is 0 Å². The van der Waals surface area contributed by atoms with Crippen LogP contribution in [0.25, 0.3) is 0 Å². The fourth-order valence-electron chi connectivity index (χ4n) is 2.70. The number of rotatable bonds is 4. The van der Waals surface area contributed by atoms with Crippen molar-refractivity contribution in [2.45, 2.75) is 45.1 Å². The normalized spacial score (nSPS) is 20.2. The Labute approximate surface area is 104 Å². The maximum absolute atomic E-state index is 5.58. The van der Waals surface area contributed by atoms with Crippen LogP contribution in [0.2, 0.25) is 0 Å². The van der Waals surface area contributed by atoms with Gasteiger partial charge >= 0.3 is 0 Å². The zero-order chi connectivity index (χ0) is 12.1. The van der Waals surface area contributed by atoms with Gasteiger partial charge in [-0.25, -0.2) is 0 Å². The first-order chi connectivity index (χ1) is 8.35. The number of nitrogens with one attached hydrogen (secondary N) is 1. The van der Waals surface area contributed by atoms with E-state index in [1.807, 2.05) is 0 Å². The second-order valence-corrected chi connectivity index (χ2v) is 4.81. The Kier molecular flexibility index (Phi) is 4.43. The molecule has 1 unspecified atom stereocenters. The molecule has 0 saturated carbocycles. The molecule has 1 saturated heterocycles. The number of benzene rings is 1. The van der Waals surface area contributed by atoms with Gasteiger partial charge in [0, 0.05) is 6.04 Å². The van der Waals surface area contributed by atoms with Crippen LogP contribution in [0.4, 0.5) is 0 Å². The van der Waals surface area contributed by atoms with Crippen LogP contribution < -0.4 is 10.1 Å². The van der Waals surface area contributed by atoms with E-state index < -0.39 is 0 Å². The molecule has 0 radical (unpaired) electrons. The lowest BCUT2D eigenvalue weighted by Crippen LogP contribution is -2.35. The lowest BCUT2D eigenvalue weighted by molar-refractivity contribution is 0.379. The summed E-state index contributed by atoms with van der Waals surface area (Å²) in [5.74, 6) is 1.10. The molecule has 1 heterocycles. The zero-order valence-corrected chi connectivity index (χ0v) is 11.0. The molecule has 2 rings (SSSR count). The average molecular weight is 233 g/mol. The first-order valence-corrected chi connectivity index (χ1v) is 6.73. The van der Waals surface area contributed by atoms with Crippen molar-refractivity contribution in [2.24, 2.45) is 0 Å². The summed E-state index contributed by atoms with van der Waals surface area (Å²) in [4.78, 5) is 0. The minimum absolute atomic E-state index is 0.629. The molecule has 94 valence electrons. The first-order valence-electron chi connectivity index (χ1n) is 6.73. The summed E-state index contributed by atoms with van der Waals surface area (Å²) in [5.41, 5.74) is 2.67. The Morgan fingerprint density at radius 1 is 1.29 bits per heavy atom. The molecule has 2 nitrogen and oxygen atoms in total. The molecular weight excluding hydrogens is 210 g/mol. The van der Waals surface area contributed by atoms with E-state index in [9.17, 15) is 0 Å². The van der Waals surface area contributed by atoms with Gasteiger partial charge in [0.2, 0.25) is 0 Å². The molecule has 1 fully saturated rings. The predicted octanol–water partition coefficient (Wildman–Crippen LogP) is 2.94. The summed E-state index contributed by atoms with van der Waals surface area (Å²) < 4.78 is 5.58. The SMILES string of the molecule is CCc1cccc(CC2CCCCN2)c1OC. The molecule has 17 heavy (non-hydrogen) atoms. The molecule has 1 aliphatic rings. The maximum atomic E-state index is 5.58. The average Bonchev–Trinajstić information content (AvgIpc) is 2.39. The van der Waals surface area contributed by atoms with E-state index in [0.717, 1.165) is 18.6 Å². The minimum Gasteiger partial charge on any atom is -0.496 e. The first kappa shape index (κ1) is 12.4. The molecule has 0 amide bonds. The third-order valence-electron chi connectivity index (χ3n) is 3.64. The number of methoxy groups -OCH3 is 1. The van der Waals surface area contributed by atoms with E-state index in [4.69, 9.17) is 4.74 Å². The molecule has 2 heteroatoms. The van der Waals surface area contributed by atoms with Gasteiger partial charge in [-0.2, -0.15) is 0 Å². The Hall–Kier alpha value is -1.02. The number of piperidine rings is 1. The molecular formula is C15H23NO. The Balaban J connectivity index is 2.13. The molecule has 0 bridgehead atoms. The van der Waals surface area contributed by atoms with Crippen LogP contribution in [-0.2, 0) is 12.8 Å². The highest BCUT2D eigenvalue weighted by atomic mass is 16.5. The van der Waals surface area contributed by atoms with Crippen LogP contribution in [0.5, 0.6) is 5.75 Å². The molecule has 0 aliphatic carbocycles. The highest BCUT2D eigenvalue weighted by Crippen LogP contribution is 2.26. The Morgan fingerprint density at radius 2 is 2.12 bits per heavy atom. The van der Waals surface area contributed by atoms with Crippen molar-refractivity contribution in [3.63, 3.8) is 0 Å². The summed E-state index contributed by atoms with van der Waals surface area (Å²) in [6.45, 7) is 3.35. The lowest BCUT2D eigenvalue weighted by Gasteiger charge is -2.24. The molecule has 1 aromatic carbocycles. The number of hydrogen-bond donors (Lipinski definition) is 1. The van der Waals surface area contributed by atoms with Crippen LogP contribution in [0.1, 0.15) is 37.3 Å². The molecule has 1 aliphatic heterocycles. The van der Waals surface area contributed by atoms with Crippen molar-refractivity contribution >= 4 is 0 Å². The van der Waals surface area contributed by atoms with Gasteiger partial charge in [-0.05, 0) is 43.4 Å². The third-order valence-corrected chi connectivity index (χ3v) is 3.64. The van der Waals surface area contributed by atoms with Gasteiger partial charge in [-0.3, -0.25) is 0 Å². The van der Waals surface area contributed by atoms with Crippen molar-refractivity contribution in [3.8, 4) is 5.75 Å². The molecule has 1 N–H and O–H groups in total. The van der Waals surface area contributed by atoms with E-state index in [1.54, 1.807) is 7.11 Å². The quantitative estimate of drug-likeness (QED) is 0.863. The van der Waals surface area contributed by atoms with Gasteiger partial charge < -0.3 is 10.1 Å². The fourth-order valence-corrected chi connectivity index (χ4v) is 2.70. The second kappa shape index (κ2) is 6.06. The standard InChI is InChI=1S/C15H23NO/c1-3-12-7-6-8-13(15(12)17-2)11-14-9-4-5-10-16-14/h6-8,14,16H,3-5,9-11H2,1-2H3. The fraction of sp³-hybridized carbons (Fsp3) is 0.600. The van der Waals surface area contributed by atoms with E-state index in [0.29, 0.717) is 6.04 Å². The Bertz CT molecular complexity index is 356. The summed E-state index contributed by atoms with van der Waals surface area (Å²) in [6.07, 6.45) is 6.10. The zero-order valence-electron chi connectivity index (χ0n) is 11.0. The van der Waals surface area contributed by atoms with Crippen molar-refractivity contribution in [1.29, 1.82) is 0 Å². The number of ether oxygens (including phenoxy) is 1. The summed E-state index contributed by atoms with van der Waals surface area (Å²) >= 11 is 0. The van der Waals surface area contributed by atoms with Gasteiger partial charge in [0.1, 0.15) is 5.75 Å².